The monoisotopic (exact) mass is 392 g/mol. The number of benzene rings is 2. The Morgan fingerprint density at radius 1 is 0.828 bits per heavy atom. The van der Waals surface area contributed by atoms with Gasteiger partial charge in [-0.1, -0.05) is 18.2 Å². The fraction of sp³-hybridized carbons (Fsp3) is 0.391. The zero-order valence-electron chi connectivity index (χ0n) is 16.9. The summed E-state index contributed by atoms with van der Waals surface area (Å²) in [4.78, 5) is 31.3. The van der Waals surface area contributed by atoms with Gasteiger partial charge in [0.2, 0.25) is 0 Å². The number of nitrogens with zero attached hydrogens (tertiary/aromatic N) is 3. The highest BCUT2D eigenvalue weighted by Crippen LogP contribution is 2.19. The third-order valence-electron chi connectivity index (χ3n) is 5.69. The van der Waals surface area contributed by atoms with Crippen molar-refractivity contribution >= 4 is 23.3 Å². The molecule has 1 N–H and O–H groups in total. The van der Waals surface area contributed by atoms with Crippen LogP contribution in [0, 0.1) is 6.92 Å². The molecule has 152 valence electrons. The van der Waals surface area contributed by atoms with E-state index in [1.807, 2.05) is 28.0 Å². The summed E-state index contributed by atoms with van der Waals surface area (Å²) < 4.78 is 0. The van der Waals surface area contributed by atoms with E-state index in [0.717, 1.165) is 39.0 Å². The lowest BCUT2D eigenvalue weighted by Crippen LogP contribution is -2.50. The first-order chi connectivity index (χ1) is 14.1. The van der Waals surface area contributed by atoms with Gasteiger partial charge in [-0.2, -0.15) is 0 Å². The molecule has 3 amide bonds. The Morgan fingerprint density at radius 2 is 1.55 bits per heavy atom. The van der Waals surface area contributed by atoms with Gasteiger partial charge in [0.25, 0.3) is 5.91 Å². The number of hydrogen-bond acceptors (Lipinski definition) is 3. The maximum atomic E-state index is 12.7. The Bertz CT molecular complexity index is 884. The average Bonchev–Trinajstić information content (AvgIpc) is 3.28. The van der Waals surface area contributed by atoms with Crippen LogP contribution in [-0.4, -0.2) is 61.0 Å². The van der Waals surface area contributed by atoms with Gasteiger partial charge in [0.1, 0.15) is 0 Å². The number of anilines is 2. The van der Waals surface area contributed by atoms with E-state index >= 15 is 0 Å². The van der Waals surface area contributed by atoms with Crippen molar-refractivity contribution in [3.05, 3.63) is 59.7 Å². The lowest BCUT2D eigenvalue weighted by atomic mass is 10.1. The van der Waals surface area contributed by atoms with Crippen molar-refractivity contribution < 1.29 is 9.59 Å². The maximum Gasteiger partial charge on any atom is 0.321 e. The molecule has 2 aromatic rings. The zero-order valence-corrected chi connectivity index (χ0v) is 16.9. The maximum absolute atomic E-state index is 12.7. The molecule has 2 heterocycles. The summed E-state index contributed by atoms with van der Waals surface area (Å²) in [5.74, 6) is 0.0466. The molecule has 4 rings (SSSR count). The number of piperazine rings is 1. The van der Waals surface area contributed by atoms with E-state index < -0.39 is 0 Å². The number of aryl methyl sites for hydroxylation is 1. The van der Waals surface area contributed by atoms with Crippen LogP contribution in [0.1, 0.15) is 28.8 Å². The molecule has 0 aliphatic carbocycles. The van der Waals surface area contributed by atoms with Gasteiger partial charge in [0.15, 0.2) is 0 Å². The summed E-state index contributed by atoms with van der Waals surface area (Å²) in [6.07, 6.45) is 2.13. The molecule has 2 saturated heterocycles. The largest absolute Gasteiger partial charge is 0.368 e. The van der Waals surface area contributed by atoms with Crippen LogP contribution in [0.15, 0.2) is 48.5 Å². The fourth-order valence-corrected chi connectivity index (χ4v) is 4.03. The van der Waals surface area contributed by atoms with Crippen molar-refractivity contribution in [2.75, 3.05) is 49.5 Å². The number of likely N-dealkylation sites (tertiary alicyclic amines) is 1. The number of rotatable bonds is 3. The number of nitrogens with one attached hydrogen (secondary N) is 1. The third kappa shape index (κ3) is 4.53. The molecular weight excluding hydrogens is 364 g/mol. The highest BCUT2D eigenvalue weighted by molar-refractivity contribution is 5.97. The molecule has 29 heavy (non-hydrogen) atoms. The van der Waals surface area contributed by atoms with Gasteiger partial charge in [-0.15, -0.1) is 0 Å². The smallest absolute Gasteiger partial charge is 0.321 e. The van der Waals surface area contributed by atoms with Gasteiger partial charge < -0.3 is 20.0 Å². The minimum atomic E-state index is -0.111. The second kappa shape index (κ2) is 8.55. The second-order valence-corrected chi connectivity index (χ2v) is 7.82. The van der Waals surface area contributed by atoms with Crippen LogP contribution in [0.2, 0.25) is 0 Å². The molecule has 2 aromatic carbocycles. The standard InChI is InChI=1S/C23H28N4O2/c1-18-6-4-9-21(16-18)25-12-14-27(15-13-25)23(29)24-20-8-5-7-19(17-20)22(28)26-10-2-3-11-26/h4-9,16-17H,2-3,10-15H2,1H3,(H,24,29). The van der Waals surface area contributed by atoms with E-state index in [0.29, 0.717) is 24.3 Å². The number of carbonyl (C=O) groups excluding carboxylic acids is 2. The Hall–Kier alpha value is -3.02. The first-order valence-electron chi connectivity index (χ1n) is 10.4. The van der Waals surface area contributed by atoms with Crippen molar-refractivity contribution in [1.82, 2.24) is 9.80 Å². The molecule has 0 unspecified atom stereocenters. The molecule has 6 heteroatoms. The highest BCUT2D eigenvalue weighted by Gasteiger charge is 2.23. The van der Waals surface area contributed by atoms with E-state index in [-0.39, 0.29) is 11.9 Å². The highest BCUT2D eigenvalue weighted by atomic mass is 16.2. The molecule has 0 radical (unpaired) electrons. The number of amides is 3. The summed E-state index contributed by atoms with van der Waals surface area (Å²) in [6.45, 7) is 6.70. The van der Waals surface area contributed by atoms with Gasteiger partial charge >= 0.3 is 6.03 Å². The molecule has 0 spiro atoms. The topological polar surface area (TPSA) is 55.9 Å². The molecule has 0 saturated carbocycles. The number of urea groups is 1. The third-order valence-corrected chi connectivity index (χ3v) is 5.69. The van der Waals surface area contributed by atoms with Crippen molar-refractivity contribution in [2.45, 2.75) is 19.8 Å². The second-order valence-electron chi connectivity index (χ2n) is 7.82. The van der Waals surface area contributed by atoms with Gasteiger partial charge in [-0.3, -0.25) is 4.79 Å². The van der Waals surface area contributed by atoms with Crippen LogP contribution < -0.4 is 10.2 Å². The summed E-state index contributed by atoms with van der Waals surface area (Å²) in [5, 5.41) is 2.96. The predicted octanol–water partition coefficient (Wildman–Crippen LogP) is 3.59. The summed E-state index contributed by atoms with van der Waals surface area (Å²) in [6, 6.07) is 15.6. The minimum Gasteiger partial charge on any atom is -0.368 e. The SMILES string of the molecule is Cc1cccc(N2CCN(C(=O)Nc3cccc(C(=O)N4CCCC4)c3)CC2)c1. The van der Waals surface area contributed by atoms with Crippen molar-refractivity contribution in [1.29, 1.82) is 0 Å². The van der Waals surface area contributed by atoms with Crippen molar-refractivity contribution in [2.24, 2.45) is 0 Å². The molecule has 2 fully saturated rings. The quantitative estimate of drug-likeness (QED) is 0.869. The molecule has 0 atom stereocenters. The molecular formula is C23H28N4O2. The van der Waals surface area contributed by atoms with Crippen LogP contribution in [0.3, 0.4) is 0 Å². The van der Waals surface area contributed by atoms with E-state index in [9.17, 15) is 9.59 Å². The normalized spacial score (nSPS) is 16.8. The number of hydrogen-bond donors (Lipinski definition) is 1. The van der Waals surface area contributed by atoms with Crippen LogP contribution in [0.5, 0.6) is 0 Å². The van der Waals surface area contributed by atoms with Crippen LogP contribution in [0.4, 0.5) is 16.2 Å². The van der Waals surface area contributed by atoms with E-state index in [4.69, 9.17) is 0 Å². The van der Waals surface area contributed by atoms with Gasteiger partial charge in [-0.05, 0) is 55.7 Å². The molecule has 2 aliphatic rings. The summed E-state index contributed by atoms with van der Waals surface area (Å²) in [7, 11) is 0. The summed E-state index contributed by atoms with van der Waals surface area (Å²) >= 11 is 0. The van der Waals surface area contributed by atoms with Crippen LogP contribution in [0.25, 0.3) is 0 Å². The van der Waals surface area contributed by atoms with Gasteiger partial charge in [-0.25, -0.2) is 4.79 Å². The summed E-state index contributed by atoms with van der Waals surface area (Å²) in [5.41, 5.74) is 3.75. The number of carbonyl (C=O) groups is 2. The Labute approximate surface area is 172 Å². The van der Waals surface area contributed by atoms with Crippen molar-refractivity contribution in [3.63, 3.8) is 0 Å². The van der Waals surface area contributed by atoms with E-state index in [1.54, 1.807) is 6.07 Å². The lowest BCUT2D eigenvalue weighted by Gasteiger charge is -2.36. The lowest BCUT2D eigenvalue weighted by molar-refractivity contribution is 0.0793. The fourth-order valence-electron chi connectivity index (χ4n) is 4.03. The molecule has 0 aromatic heterocycles. The Kier molecular flexibility index (Phi) is 5.69. The van der Waals surface area contributed by atoms with E-state index in [1.165, 1.54) is 11.3 Å². The van der Waals surface area contributed by atoms with Gasteiger partial charge in [0, 0.05) is 56.2 Å². The van der Waals surface area contributed by atoms with Crippen molar-refractivity contribution in [3.8, 4) is 0 Å². The van der Waals surface area contributed by atoms with Crippen LogP contribution >= 0.6 is 0 Å². The Balaban J connectivity index is 1.34. The average molecular weight is 393 g/mol. The molecule has 2 aliphatic heterocycles. The Morgan fingerprint density at radius 3 is 2.28 bits per heavy atom. The van der Waals surface area contributed by atoms with Gasteiger partial charge in [0.05, 0.1) is 0 Å². The van der Waals surface area contributed by atoms with E-state index in [2.05, 4.69) is 41.4 Å². The minimum absolute atomic E-state index is 0.0466. The predicted molar refractivity (Wildman–Crippen MR) is 116 cm³/mol. The van der Waals surface area contributed by atoms with Crippen LogP contribution in [-0.2, 0) is 0 Å². The molecule has 0 bridgehead atoms. The zero-order chi connectivity index (χ0) is 20.2. The first kappa shape index (κ1) is 19.3. The molecule has 6 nitrogen and oxygen atoms in total. The first-order valence-corrected chi connectivity index (χ1v) is 10.4.